The maximum atomic E-state index is 12.7. The number of ether oxygens (including phenoxy) is 1. The Morgan fingerprint density at radius 2 is 1.75 bits per heavy atom. The molecule has 2 aromatic carbocycles. The second-order valence-corrected chi connectivity index (χ2v) is 8.52. The molecule has 0 saturated heterocycles. The van der Waals surface area contributed by atoms with E-state index in [-0.39, 0.29) is 11.7 Å². The first-order chi connectivity index (χ1) is 15.3. The topological polar surface area (TPSA) is 132 Å². The molecule has 0 bridgehead atoms. The van der Waals surface area contributed by atoms with Gasteiger partial charge in [-0.05, 0) is 73.7 Å². The first kappa shape index (κ1) is 20.0. The summed E-state index contributed by atoms with van der Waals surface area (Å²) >= 11 is 0. The number of hydrogen-bond donors (Lipinski definition) is 3. The summed E-state index contributed by atoms with van der Waals surface area (Å²) in [5.74, 6) is 1.09. The fraction of sp³-hybridized carbons (Fsp3) is 0.304. The number of carbonyl (C=O) groups excluding carboxylic acids is 1. The van der Waals surface area contributed by atoms with Crippen molar-refractivity contribution in [3.63, 3.8) is 0 Å². The molecule has 5 rings (SSSR count). The number of fused-ring (bicyclic) bond motifs is 2. The normalized spacial score (nSPS) is 16.2. The minimum absolute atomic E-state index is 0.0805. The van der Waals surface area contributed by atoms with Crippen molar-refractivity contribution in [2.24, 2.45) is 0 Å². The van der Waals surface area contributed by atoms with Crippen molar-refractivity contribution in [3.8, 4) is 17.2 Å². The van der Waals surface area contributed by atoms with Crippen molar-refractivity contribution in [2.75, 3.05) is 11.1 Å². The van der Waals surface area contributed by atoms with Crippen molar-refractivity contribution < 1.29 is 9.53 Å². The number of benzene rings is 2. The summed E-state index contributed by atoms with van der Waals surface area (Å²) in [4.78, 5) is 38.5. The predicted octanol–water partition coefficient (Wildman–Crippen LogP) is 2.68. The molecular formula is C23H23N5O4. The number of nitrogen functional groups attached to an aromatic ring is 1. The minimum atomic E-state index is -0.718. The molecule has 0 radical (unpaired) electrons. The quantitative estimate of drug-likeness (QED) is 0.582. The Hall–Kier alpha value is -3.88. The van der Waals surface area contributed by atoms with Gasteiger partial charge in [0.1, 0.15) is 11.5 Å². The number of nitrogens with two attached hydrogens (primary N) is 1. The molecule has 1 aliphatic heterocycles. The number of anilines is 2. The van der Waals surface area contributed by atoms with Crippen LogP contribution in [0.25, 0.3) is 5.69 Å². The molecule has 1 spiro atoms. The molecule has 2 aliphatic rings. The second-order valence-electron chi connectivity index (χ2n) is 8.52. The van der Waals surface area contributed by atoms with E-state index in [1.165, 1.54) is 0 Å². The number of hydrogen-bond acceptors (Lipinski definition) is 6. The van der Waals surface area contributed by atoms with Crippen LogP contribution in [0.15, 0.2) is 39.9 Å². The van der Waals surface area contributed by atoms with Gasteiger partial charge in [0.2, 0.25) is 11.7 Å². The summed E-state index contributed by atoms with van der Waals surface area (Å²) < 4.78 is 7.29. The van der Waals surface area contributed by atoms with Gasteiger partial charge in [0, 0.05) is 5.69 Å². The summed E-state index contributed by atoms with van der Waals surface area (Å²) in [5.41, 5.74) is 7.62. The fourth-order valence-electron chi connectivity index (χ4n) is 4.85. The lowest BCUT2D eigenvalue weighted by molar-refractivity contribution is -0.120. The number of carbonyl (C=O) groups is 1. The third kappa shape index (κ3) is 3.00. The van der Waals surface area contributed by atoms with Crippen molar-refractivity contribution >= 4 is 17.4 Å². The largest absolute Gasteiger partial charge is 0.457 e. The Bertz CT molecular complexity index is 1360. The van der Waals surface area contributed by atoms with Crippen LogP contribution in [0.4, 0.5) is 11.5 Å². The van der Waals surface area contributed by atoms with Crippen molar-refractivity contribution in [1.29, 1.82) is 0 Å². The molecule has 1 aliphatic carbocycles. The minimum Gasteiger partial charge on any atom is -0.457 e. The summed E-state index contributed by atoms with van der Waals surface area (Å²) in [6.45, 7) is 3.73. The van der Waals surface area contributed by atoms with E-state index in [2.05, 4.69) is 15.4 Å². The van der Waals surface area contributed by atoms with E-state index in [0.29, 0.717) is 17.2 Å². The average Bonchev–Trinajstić information content (AvgIpc) is 3.34. The standard InChI is InChI=1S/C23H23N5O4/c1-12-9-14(28-22(31)26-20(29)19(24)27-28)10-13(2)18(12)32-15-5-6-17-16(11-15)23(21(30)25-17)7-3-4-8-23/h5-6,9-11H,3-4,7-8H2,1-2H3,(H2,24,27)(H,25,30)(H,26,29,31). The Labute approximate surface area is 183 Å². The molecular weight excluding hydrogens is 410 g/mol. The van der Waals surface area contributed by atoms with Crippen molar-refractivity contribution in [2.45, 2.75) is 44.9 Å². The lowest BCUT2D eigenvalue weighted by Crippen LogP contribution is -2.33. The zero-order valence-corrected chi connectivity index (χ0v) is 17.8. The van der Waals surface area contributed by atoms with Gasteiger partial charge in [-0.25, -0.2) is 4.79 Å². The van der Waals surface area contributed by atoms with Crippen LogP contribution in [0.2, 0.25) is 0 Å². The van der Waals surface area contributed by atoms with Gasteiger partial charge in [0.15, 0.2) is 0 Å². The van der Waals surface area contributed by atoms with Gasteiger partial charge in [0.25, 0.3) is 5.56 Å². The van der Waals surface area contributed by atoms with E-state index in [0.717, 1.165) is 52.7 Å². The lowest BCUT2D eigenvalue weighted by atomic mass is 9.80. The molecule has 2 heterocycles. The summed E-state index contributed by atoms with van der Waals surface area (Å²) in [7, 11) is 0. The maximum absolute atomic E-state index is 12.7. The smallest absolute Gasteiger partial charge is 0.349 e. The molecule has 3 aromatic rings. The molecule has 32 heavy (non-hydrogen) atoms. The van der Waals surface area contributed by atoms with Gasteiger partial charge in [0.05, 0.1) is 11.1 Å². The third-order valence-corrected chi connectivity index (χ3v) is 6.41. The molecule has 164 valence electrons. The van der Waals surface area contributed by atoms with Crippen LogP contribution in [0.5, 0.6) is 11.5 Å². The van der Waals surface area contributed by atoms with E-state index in [1.807, 2.05) is 32.0 Å². The van der Waals surface area contributed by atoms with E-state index in [1.54, 1.807) is 12.1 Å². The number of aromatic amines is 1. The number of H-pyrrole nitrogens is 1. The SMILES string of the molecule is Cc1cc(-n2nc(N)c(=O)[nH]c2=O)cc(C)c1Oc1ccc2c(c1)C1(CCCC1)C(=O)N2. The molecule has 9 nitrogen and oxygen atoms in total. The van der Waals surface area contributed by atoms with Crippen molar-refractivity contribution in [3.05, 3.63) is 67.9 Å². The number of rotatable bonds is 3. The monoisotopic (exact) mass is 433 g/mol. The Kier molecular flexibility index (Phi) is 4.44. The summed E-state index contributed by atoms with van der Waals surface area (Å²) in [6.07, 6.45) is 3.79. The zero-order chi connectivity index (χ0) is 22.6. The third-order valence-electron chi connectivity index (χ3n) is 6.41. The van der Waals surface area contributed by atoms with Crippen LogP contribution >= 0.6 is 0 Å². The van der Waals surface area contributed by atoms with Gasteiger partial charge in [-0.3, -0.25) is 14.6 Å². The summed E-state index contributed by atoms with van der Waals surface area (Å²) in [5, 5.41) is 6.90. The Morgan fingerprint density at radius 1 is 1.06 bits per heavy atom. The fourth-order valence-corrected chi connectivity index (χ4v) is 4.85. The lowest BCUT2D eigenvalue weighted by Gasteiger charge is -2.21. The van der Waals surface area contributed by atoms with E-state index >= 15 is 0 Å². The maximum Gasteiger partial charge on any atom is 0.349 e. The van der Waals surface area contributed by atoms with E-state index in [4.69, 9.17) is 10.5 Å². The highest BCUT2D eigenvalue weighted by Crippen LogP contribution is 2.50. The zero-order valence-electron chi connectivity index (χ0n) is 17.8. The first-order valence-corrected chi connectivity index (χ1v) is 10.5. The van der Waals surface area contributed by atoms with Crippen LogP contribution in [0.3, 0.4) is 0 Å². The molecule has 4 N–H and O–H groups in total. The van der Waals surface area contributed by atoms with Crippen LogP contribution in [0.1, 0.15) is 42.4 Å². The molecule has 0 atom stereocenters. The van der Waals surface area contributed by atoms with Gasteiger partial charge >= 0.3 is 5.69 Å². The average molecular weight is 433 g/mol. The highest BCUT2D eigenvalue weighted by molar-refractivity contribution is 6.06. The Morgan fingerprint density at radius 3 is 2.44 bits per heavy atom. The number of amides is 1. The predicted molar refractivity (Wildman–Crippen MR) is 120 cm³/mol. The van der Waals surface area contributed by atoms with Crippen molar-refractivity contribution in [1.82, 2.24) is 14.8 Å². The Balaban J connectivity index is 1.51. The van der Waals surface area contributed by atoms with Gasteiger partial charge in [-0.2, -0.15) is 4.68 Å². The van der Waals surface area contributed by atoms with Crippen LogP contribution in [-0.4, -0.2) is 20.7 Å². The van der Waals surface area contributed by atoms with Crippen LogP contribution in [-0.2, 0) is 10.2 Å². The molecule has 9 heteroatoms. The number of aryl methyl sites for hydroxylation is 2. The first-order valence-electron chi connectivity index (χ1n) is 10.5. The van der Waals surface area contributed by atoms with Gasteiger partial charge in [-0.1, -0.05) is 12.8 Å². The number of aromatic nitrogens is 3. The second kappa shape index (κ2) is 7.08. The number of nitrogens with zero attached hydrogens (tertiary/aromatic N) is 2. The number of nitrogens with one attached hydrogen (secondary N) is 2. The van der Waals surface area contributed by atoms with Crippen LogP contribution in [0, 0.1) is 13.8 Å². The van der Waals surface area contributed by atoms with Gasteiger partial charge in [-0.15, -0.1) is 5.10 Å². The van der Waals surface area contributed by atoms with E-state index in [9.17, 15) is 14.4 Å². The molecule has 1 aromatic heterocycles. The molecule has 0 unspecified atom stereocenters. The molecule has 1 fully saturated rings. The summed E-state index contributed by atoms with van der Waals surface area (Å²) in [6, 6.07) is 9.17. The highest BCUT2D eigenvalue weighted by Gasteiger charge is 2.48. The van der Waals surface area contributed by atoms with Gasteiger partial charge < -0.3 is 15.8 Å². The highest BCUT2D eigenvalue weighted by atomic mass is 16.5. The molecule has 1 amide bonds. The molecule has 1 saturated carbocycles. The van der Waals surface area contributed by atoms with E-state index < -0.39 is 16.7 Å². The van der Waals surface area contributed by atoms with Crippen LogP contribution < -0.4 is 27.0 Å².